The van der Waals surface area contributed by atoms with Crippen molar-refractivity contribution in [2.75, 3.05) is 23.4 Å². The lowest BCUT2D eigenvalue weighted by atomic mass is 10.2. The van der Waals surface area contributed by atoms with E-state index in [4.69, 9.17) is 11.6 Å². The van der Waals surface area contributed by atoms with Gasteiger partial charge in [-0.05, 0) is 19.1 Å². The Kier molecular flexibility index (Phi) is 3.61. The summed E-state index contributed by atoms with van der Waals surface area (Å²) in [6, 6.07) is 4.51. The monoisotopic (exact) mass is 333 g/mol. The van der Waals surface area contributed by atoms with Gasteiger partial charge in [0, 0.05) is 19.7 Å². The fourth-order valence-corrected chi connectivity index (χ4v) is 2.63. The van der Waals surface area contributed by atoms with Gasteiger partial charge in [-0.2, -0.15) is 0 Å². The van der Waals surface area contributed by atoms with E-state index >= 15 is 0 Å². The number of aromatic nitrogens is 2. The first-order chi connectivity index (χ1) is 10.9. The van der Waals surface area contributed by atoms with E-state index < -0.39 is 10.8 Å². The maximum atomic E-state index is 12.7. The Morgan fingerprint density at radius 2 is 2.09 bits per heavy atom. The topological polar surface area (TPSA) is 92.5 Å². The van der Waals surface area contributed by atoms with Crippen molar-refractivity contribution in [2.45, 2.75) is 6.92 Å². The Morgan fingerprint density at radius 1 is 1.35 bits per heavy atom. The standard InChI is InChI=1S/C14H12ClN5O3/c1-3-19-12-9(6-8(7-16-12)20(22)23)14(21)18(2)10-4-5-11(15)17-13(10)19/h4-7H,3H2,1-2H3. The lowest BCUT2D eigenvalue weighted by molar-refractivity contribution is -0.385. The third-order valence-corrected chi connectivity index (χ3v) is 3.82. The Balaban J connectivity index is 2.30. The molecule has 0 aliphatic carbocycles. The molecule has 2 aromatic heterocycles. The Labute approximate surface area is 136 Å². The highest BCUT2D eigenvalue weighted by molar-refractivity contribution is 6.29. The van der Waals surface area contributed by atoms with Crippen molar-refractivity contribution in [3.05, 3.63) is 45.2 Å². The summed E-state index contributed by atoms with van der Waals surface area (Å²) in [5.74, 6) is 0.414. The van der Waals surface area contributed by atoms with E-state index in [9.17, 15) is 14.9 Å². The molecule has 1 aliphatic rings. The van der Waals surface area contributed by atoms with E-state index in [0.717, 1.165) is 6.20 Å². The smallest absolute Gasteiger partial charge is 0.288 e. The summed E-state index contributed by atoms with van der Waals surface area (Å²) in [5, 5.41) is 11.3. The van der Waals surface area contributed by atoms with Gasteiger partial charge in [0.1, 0.15) is 17.2 Å². The second-order valence-electron chi connectivity index (χ2n) is 4.91. The van der Waals surface area contributed by atoms with Crippen molar-refractivity contribution >= 4 is 40.5 Å². The van der Waals surface area contributed by atoms with Crippen molar-refractivity contribution in [3.8, 4) is 0 Å². The molecule has 8 nitrogen and oxygen atoms in total. The fourth-order valence-electron chi connectivity index (χ4n) is 2.49. The first-order valence-electron chi connectivity index (χ1n) is 6.80. The van der Waals surface area contributed by atoms with E-state index in [1.807, 2.05) is 6.92 Å². The van der Waals surface area contributed by atoms with Gasteiger partial charge in [-0.1, -0.05) is 11.6 Å². The zero-order chi connectivity index (χ0) is 16.7. The summed E-state index contributed by atoms with van der Waals surface area (Å²) in [5.41, 5.74) is 0.470. The molecule has 0 radical (unpaired) electrons. The van der Waals surface area contributed by atoms with Crippen LogP contribution in [0, 0.1) is 10.1 Å². The number of hydrogen-bond acceptors (Lipinski definition) is 6. The molecule has 0 atom stereocenters. The zero-order valence-corrected chi connectivity index (χ0v) is 13.1. The van der Waals surface area contributed by atoms with Crippen molar-refractivity contribution < 1.29 is 9.72 Å². The molecule has 0 N–H and O–H groups in total. The van der Waals surface area contributed by atoms with Crippen LogP contribution in [0.5, 0.6) is 0 Å². The molecule has 3 rings (SSSR count). The molecule has 9 heteroatoms. The average molecular weight is 334 g/mol. The second-order valence-corrected chi connectivity index (χ2v) is 5.29. The van der Waals surface area contributed by atoms with Gasteiger partial charge in [0.25, 0.3) is 11.6 Å². The third kappa shape index (κ3) is 2.36. The molecule has 0 aromatic carbocycles. The first kappa shape index (κ1) is 15.2. The third-order valence-electron chi connectivity index (χ3n) is 3.61. The normalized spacial score (nSPS) is 13.4. The number of pyridine rings is 2. The molecule has 0 saturated carbocycles. The number of nitro groups is 1. The van der Waals surface area contributed by atoms with E-state index in [0.29, 0.717) is 23.9 Å². The van der Waals surface area contributed by atoms with Gasteiger partial charge < -0.3 is 9.80 Å². The molecule has 3 heterocycles. The highest BCUT2D eigenvalue weighted by Crippen LogP contribution is 2.39. The second kappa shape index (κ2) is 5.47. The molecule has 1 aliphatic heterocycles. The molecule has 1 amide bonds. The number of fused-ring (bicyclic) bond motifs is 2. The summed E-state index contributed by atoms with van der Waals surface area (Å²) < 4.78 is 0. The van der Waals surface area contributed by atoms with Crippen LogP contribution < -0.4 is 9.80 Å². The number of halogens is 1. The summed E-state index contributed by atoms with van der Waals surface area (Å²) in [6.45, 7) is 2.34. The van der Waals surface area contributed by atoms with Crippen LogP contribution in [0.4, 0.5) is 23.0 Å². The van der Waals surface area contributed by atoms with Crippen LogP contribution in [0.15, 0.2) is 24.4 Å². The SMILES string of the molecule is CCN1c2ncc([N+](=O)[O-])cc2C(=O)N(C)c2ccc(Cl)nc21. The first-order valence-corrected chi connectivity index (χ1v) is 7.18. The minimum Gasteiger partial charge on any atom is -0.309 e. The van der Waals surface area contributed by atoms with Crippen LogP contribution in [-0.4, -0.2) is 34.4 Å². The number of amides is 1. The van der Waals surface area contributed by atoms with Crippen LogP contribution in [0.3, 0.4) is 0 Å². The van der Waals surface area contributed by atoms with Crippen LogP contribution in [0.1, 0.15) is 17.3 Å². The van der Waals surface area contributed by atoms with Crippen LogP contribution in [0.25, 0.3) is 0 Å². The quantitative estimate of drug-likeness (QED) is 0.476. The van der Waals surface area contributed by atoms with E-state index in [1.165, 1.54) is 11.0 Å². The number of nitrogens with zero attached hydrogens (tertiary/aromatic N) is 5. The Morgan fingerprint density at radius 3 is 2.74 bits per heavy atom. The fraction of sp³-hybridized carbons (Fsp3) is 0.214. The summed E-state index contributed by atoms with van der Waals surface area (Å²) in [4.78, 5) is 34.6. The summed E-state index contributed by atoms with van der Waals surface area (Å²) in [7, 11) is 1.58. The molecule has 0 fully saturated rings. The molecule has 0 unspecified atom stereocenters. The van der Waals surface area contributed by atoms with Crippen LogP contribution in [0.2, 0.25) is 5.15 Å². The lowest BCUT2D eigenvalue weighted by Crippen LogP contribution is -2.25. The van der Waals surface area contributed by atoms with Gasteiger partial charge in [-0.15, -0.1) is 0 Å². The zero-order valence-electron chi connectivity index (χ0n) is 12.4. The number of anilines is 3. The maximum absolute atomic E-state index is 12.7. The minimum atomic E-state index is -0.579. The highest BCUT2D eigenvalue weighted by atomic mass is 35.5. The molecule has 23 heavy (non-hydrogen) atoms. The number of rotatable bonds is 2. The molecular weight excluding hydrogens is 322 g/mol. The van der Waals surface area contributed by atoms with Crippen LogP contribution in [-0.2, 0) is 0 Å². The maximum Gasteiger partial charge on any atom is 0.288 e. The number of carbonyl (C=O) groups excluding carboxylic acids is 1. The van der Waals surface area contributed by atoms with Crippen molar-refractivity contribution in [2.24, 2.45) is 0 Å². The van der Waals surface area contributed by atoms with Crippen LogP contribution >= 0.6 is 11.6 Å². The molecule has 0 saturated heterocycles. The molecular formula is C14H12ClN5O3. The average Bonchev–Trinajstić information content (AvgIpc) is 2.62. The minimum absolute atomic E-state index is 0.151. The van der Waals surface area contributed by atoms with E-state index in [-0.39, 0.29) is 16.4 Å². The van der Waals surface area contributed by atoms with Gasteiger partial charge in [0.15, 0.2) is 5.82 Å². The van der Waals surface area contributed by atoms with Crippen molar-refractivity contribution in [1.29, 1.82) is 0 Å². The summed E-state index contributed by atoms with van der Waals surface area (Å²) >= 11 is 5.98. The lowest BCUT2D eigenvalue weighted by Gasteiger charge is -2.22. The molecule has 0 bridgehead atoms. The van der Waals surface area contributed by atoms with Crippen molar-refractivity contribution in [3.63, 3.8) is 0 Å². The predicted octanol–water partition coefficient (Wildman–Crippen LogP) is 2.79. The summed E-state index contributed by atoms with van der Waals surface area (Å²) in [6.07, 6.45) is 1.13. The Bertz CT molecular complexity index is 826. The van der Waals surface area contributed by atoms with Gasteiger partial charge in [-0.25, -0.2) is 9.97 Å². The van der Waals surface area contributed by atoms with E-state index in [1.54, 1.807) is 24.1 Å². The molecule has 118 valence electrons. The molecule has 0 spiro atoms. The molecule has 2 aromatic rings. The number of carbonyl (C=O) groups is 1. The highest BCUT2D eigenvalue weighted by Gasteiger charge is 2.32. The Hall–Kier alpha value is -2.74. The van der Waals surface area contributed by atoms with Gasteiger partial charge in [-0.3, -0.25) is 14.9 Å². The van der Waals surface area contributed by atoms with Crippen molar-refractivity contribution in [1.82, 2.24) is 9.97 Å². The number of hydrogen-bond donors (Lipinski definition) is 0. The van der Waals surface area contributed by atoms with Gasteiger partial charge in [0.2, 0.25) is 0 Å². The predicted molar refractivity (Wildman–Crippen MR) is 85.6 cm³/mol. The van der Waals surface area contributed by atoms with Gasteiger partial charge in [0.05, 0.1) is 16.2 Å². The van der Waals surface area contributed by atoms with E-state index in [2.05, 4.69) is 9.97 Å². The largest absolute Gasteiger partial charge is 0.309 e. The van der Waals surface area contributed by atoms with Gasteiger partial charge >= 0.3 is 0 Å².